The fourth-order valence-corrected chi connectivity index (χ4v) is 4.99. The van der Waals surface area contributed by atoms with Gasteiger partial charge in [0.1, 0.15) is 0 Å². The van der Waals surface area contributed by atoms with Crippen LogP contribution >= 0.6 is 0 Å². The number of anilines is 2. The molecular formula is C21H27N3O3S. The molecule has 0 unspecified atom stereocenters. The molecule has 2 aromatic rings. The lowest BCUT2D eigenvalue weighted by Crippen LogP contribution is -2.31. The van der Waals surface area contributed by atoms with Crippen molar-refractivity contribution in [2.24, 2.45) is 0 Å². The number of carbonyl (C=O) groups is 1. The molecule has 28 heavy (non-hydrogen) atoms. The molecule has 1 saturated heterocycles. The molecule has 2 aromatic carbocycles. The van der Waals surface area contributed by atoms with Crippen LogP contribution in [-0.2, 0) is 10.0 Å². The van der Waals surface area contributed by atoms with Gasteiger partial charge < -0.3 is 10.2 Å². The van der Waals surface area contributed by atoms with Gasteiger partial charge in [-0.05, 0) is 43.2 Å². The van der Waals surface area contributed by atoms with Crippen molar-refractivity contribution in [2.45, 2.75) is 31.6 Å². The van der Waals surface area contributed by atoms with Crippen molar-refractivity contribution in [3.63, 3.8) is 0 Å². The van der Waals surface area contributed by atoms with Gasteiger partial charge in [0.25, 0.3) is 5.91 Å². The third-order valence-electron chi connectivity index (χ3n) is 5.04. The van der Waals surface area contributed by atoms with Crippen molar-refractivity contribution in [1.29, 1.82) is 0 Å². The van der Waals surface area contributed by atoms with Crippen LogP contribution in [0, 0.1) is 0 Å². The molecule has 0 radical (unpaired) electrons. The highest BCUT2D eigenvalue weighted by Crippen LogP contribution is 2.32. The molecule has 7 heteroatoms. The lowest BCUT2D eigenvalue weighted by atomic mass is 10.2. The minimum absolute atomic E-state index is 0.197. The molecule has 0 spiro atoms. The van der Waals surface area contributed by atoms with Crippen LogP contribution in [0.5, 0.6) is 0 Å². The van der Waals surface area contributed by atoms with Gasteiger partial charge in [-0.25, -0.2) is 8.42 Å². The lowest BCUT2D eigenvalue weighted by molar-refractivity contribution is 0.102. The topological polar surface area (TPSA) is 69.7 Å². The first-order valence-electron chi connectivity index (χ1n) is 9.73. The number of carbonyl (C=O) groups excluding carboxylic acids is 1. The molecule has 1 N–H and O–H groups in total. The quantitative estimate of drug-likeness (QED) is 0.770. The van der Waals surface area contributed by atoms with E-state index in [9.17, 15) is 13.2 Å². The highest BCUT2D eigenvalue weighted by atomic mass is 32.2. The number of nitrogens with one attached hydrogen (secondary N) is 1. The van der Waals surface area contributed by atoms with Gasteiger partial charge in [0.2, 0.25) is 10.0 Å². The van der Waals surface area contributed by atoms with Gasteiger partial charge in [-0.1, -0.05) is 32.0 Å². The summed E-state index contributed by atoms with van der Waals surface area (Å²) in [4.78, 5) is 15.1. The highest BCUT2D eigenvalue weighted by Gasteiger charge is 2.25. The van der Waals surface area contributed by atoms with Crippen molar-refractivity contribution in [3.8, 4) is 0 Å². The van der Waals surface area contributed by atoms with Crippen molar-refractivity contribution in [3.05, 3.63) is 54.1 Å². The smallest absolute Gasteiger partial charge is 0.255 e. The van der Waals surface area contributed by atoms with Crippen molar-refractivity contribution in [2.75, 3.05) is 36.4 Å². The van der Waals surface area contributed by atoms with Gasteiger partial charge in [0.15, 0.2) is 0 Å². The molecule has 1 heterocycles. The summed E-state index contributed by atoms with van der Waals surface area (Å²) >= 11 is 0. The molecule has 0 saturated carbocycles. The summed E-state index contributed by atoms with van der Waals surface area (Å²) in [7, 11) is -3.60. The van der Waals surface area contributed by atoms with Crippen LogP contribution in [0.2, 0.25) is 0 Å². The molecule has 1 aliphatic rings. The standard InChI is InChI=1S/C21H27N3O3S/c1-3-24(4-2)28(26,27)18-12-13-20(23-14-8-9-15-23)19(16-18)22-21(25)17-10-6-5-7-11-17/h5-7,10-13,16H,3-4,8-9,14-15H2,1-2H3,(H,22,25). The predicted octanol–water partition coefficient (Wildman–Crippen LogP) is 3.57. The van der Waals surface area contributed by atoms with E-state index >= 15 is 0 Å². The van der Waals surface area contributed by atoms with Gasteiger partial charge in [-0.3, -0.25) is 4.79 Å². The first-order chi connectivity index (χ1) is 13.5. The van der Waals surface area contributed by atoms with E-state index in [1.807, 2.05) is 26.0 Å². The van der Waals surface area contributed by atoms with Gasteiger partial charge in [0, 0.05) is 31.7 Å². The normalized spacial score (nSPS) is 14.5. The summed E-state index contributed by atoms with van der Waals surface area (Å²) in [5, 5.41) is 2.93. The van der Waals surface area contributed by atoms with Crippen LogP contribution in [-0.4, -0.2) is 44.8 Å². The first-order valence-corrected chi connectivity index (χ1v) is 11.2. The average Bonchev–Trinajstić information content (AvgIpc) is 3.24. The Bertz CT molecular complexity index is 919. The van der Waals surface area contributed by atoms with Gasteiger partial charge in [-0.15, -0.1) is 0 Å². The number of hydrogen-bond donors (Lipinski definition) is 1. The molecule has 3 rings (SSSR count). The summed E-state index contributed by atoms with van der Waals surface area (Å²) in [5.74, 6) is -0.251. The Morgan fingerprint density at radius 2 is 1.68 bits per heavy atom. The maximum Gasteiger partial charge on any atom is 0.255 e. The zero-order valence-electron chi connectivity index (χ0n) is 16.4. The van der Waals surface area contributed by atoms with Crippen LogP contribution < -0.4 is 10.2 Å². The minimum atomic E-state index is -3.60. The van der Waals surface area contributed by atoms with Crippen molar-refractivity contribution in [1.82, 2.24) is 4.31 Å². The van der Waals surface area contributed by atoms with Crippen LogP contribution in [0.25, 0.3) is 0 Å². The largest absolute Gasteiger partial charge is 0.370 e. The van der Waals surface area contributed by atoms with E-state index in [1.165, 1.54) is 4.31 Å². The second kappa shape index (κ2) is 8.75. The Morgan fingerprint density at radius 3 is 2.29 bits per heavy atom. The summed E-state index contributed by atoms with van der Waals surface area (Å²) in [5.41, 5.74) is 1.93. The second-order valence-electron chi connectivity index (χ2n) is 6.78. The maximum absolute atomic E-state index is 12.9. The van der Waals surface area contributed by atoms with Crippen LogP contribution in [0.15, 0.2) is 53.4 Å². The van der Waals surface area contributed by atoms with Gasteiger partial charge in [-0.2, -0.15) is 4.31 Å². The molecule has 1 aliphatic heterocycles. The summed E-state index contributed by atoms with van der Waals surface area (Å²) in [6, 6.07) is 14.0. The predicted molar refractivity (Wildman–Crippen MR) is 112 cm³/mol. The number of benzene rings is 2. The molecule has 0 aliphatic carbocycles. The molecule has 6 nitrogen and oxygen atoms in total. The fourth-order valence-electron chi connectivity index (χ4n) is 3.51. The number of nitrogens with zero attached hydrogens (tertiary/aromatic N) is 2. The molecule has 1 fully saturated rings. The molecule has 0 atom stereocenters. The Labute approximate surface area is 167 Å². The Kier molecular flexibility index (Phi) is 6.36. The van der Waals surface area contributed by atoms with E-state index in [0.29, 0.717) is 24.3 Å². The Balaban J connectivity index is 2.00. The fraction of sp³-hybridized carbons (Fsp3) is 0.381. The number of sulfonamides is 1. The second-order valence-corrected chi connectivity index (χ2v) is 8.72. The highest BCUT2D eigenvalue weighted by molar-refractivity contribution is 7.89. The van der Waals surface area contributed by atoms with E-state index in [2.05, 4.69) is 10.2 Å². The van der Waals surface area contributed by atoms with Crippen LogP contribution in [0.4, 0.5) is 11.4 Å². The lowest BCUT2D eigenvalue weighted by Gasteiger charge is -2.24. The molecule has 1 amide bonds. The van der Waals surface area contributed by atoms with Crippen LogP contribution in [0.1, 0.15) is 37.0 Å². The third-order valence-corrected chi connectivity index (χ3v) is 7.09. The minimum Gasteiger partial charge on any atom is -0.370 e. The monoisotopic (exact) mass is 401 g/mol. The van der Waals surface area contributed by atoms with E-state index in [-0.39, 0.29) is 10.8 Å². The number of hydrogen-bond acceptors (Lipinski definition) is 4. The SMILES string of the molecule is CCN(CC)S(=O)(=O)c1ccc(N2CCCC2)c(NC(=O)c2ccccc2)c1. The molecule has 150 valence electrons. The van der Waals surface area contributed by atoms with Crippen molar-refractivity contribution >= 4 is 27.3 Å². The molecule has 0 aromatic heterocycles. The summed E-state index contributed by atoms with van der Waals surface area (Å²) in [6.07, 6.45) is 2.18. The average molecular weight is 402 g/mol. The van der Waals surface area contributed by atoms with E-state index in [1.54, 1.807) is 36.4 Å². The maximum atomic E-state index is 12.9. The summed E-state index contributed by atoms with van der Waals surface area (Å²) in [6.45, 7) is 6.24. The Morgan fingerprint density at radius 1 is 1.04 bits per heavy atom. The van der Waals surface area contributed by atoms with E-state index < -0.39 is 10.0 Å². The zero-order chi connectivity index (χ0) is 20.1. The van der Waals surface area contributed by atoms with Crippen molar-refractivity contribution < 1.29 is 13.2 Å². The first kappa shape index (κ1) is 20.4. The van der Waals surface area contributed by atoms with E-state index in [0.717, 1.165) is 31.6 Å². The Hall–Kier alpha value is -2.38. The van der Waals surface area contributed by atoms with E-state index in [4.69, 9.17) is 0 Å². The van der Waals surface area contributed by atoms with Crippen LogP contribution in [0.3, 0.4) is 0 Å². The molecule has 0 bridgehead atoms. The summed E-state index contributed by atoms with van der Waals surface area (Å²) < 4.78 is 27.3. The van der Waals surface area contributed by atoms with Gasteiger partial charge in [0.05, 0.1) is 16.3 Å². The number of amides is 1. The van der Waals surface area contributed by atoms with Gasteiger partial charge >= 0.3 is 0 Å². The number of rotatable bonds is 7. The zero-order valence-corrected chi connectivity index (χ0v) is 17.2. The molecular weight excluding hydrogens is 374 g/mol. The third kappa shape index (κ3) is 4.20.